The third-order valence-electron chi connectivity index (χ3n) is 5.13. The number of hydrogen-bond donors (Lipinski definition) is 2. The molecule has 0 aliphatic heterocycles. The van der Waals surface area contributed by atoms with E-state index in [1.807, 2.05) is 19.1 Å². The maximum atomic E-state index is 13.2. The van der Waals surface area contributed by atoms with Crippen LogP contribution < -0.4 is 4.72 Å². The summed E-state index contributed by atoms with van der Waals surface area (Å²) in [4.78, 5) is 0. The Morgan fingerprint density at radius 3 is 2.50 bits per heavy atom. The van der Waals surface area contributed by atoms with Crippen LogP contribution in [-0.2, 0) is 16.6 Å². The highest BCUT2D eigenvalue weighted by atomic mass is 32.2. The molecule has 168 valence electrons. The molecule has 0 saturated carbocycles. The molecule has 0 bridgehead atoms. The van der Waals surface area contributed by atoms with Gasteiger partial charge in [-0.3, -0.25) is 0 Å². The highest BCUT2D eigenvalue weighted by Crippen LogP contribution is 2.33. The van der Waals surface area contributed by atoms with Crippen molar-refractivity contribution < 1.29 is 17.9 Å². The van der Waals surface area contributed by atoms with Crippen LogP contribution in [0.15, 0.2) is 48.7 Å². The maximum Gasteiger partial charge on any atom is 0.209 e. The van der Waals surface area contributed by atoms with Gasteiger partial charge in [0.15, 0.2) is 5.88 Å². The lowest BCUT2D eigenvalue weighted by atomic mass is 10.1. The van der Waals surface area contributed by atoms with Crippen molar-refractivity contribution in [2.75, 3.05) is 6.26 Å². The fraction of sp³-hybridized carbons (Fsp3) is 0.273. The Kier molecular flexibility index (Phi) is 5.30. The zero-order chi connectivity index (χ0) is 23.3. The van der Waals surface area contributed by atoms with E-state index in [0.717, 1.165) is 22.9 Å². The van der Waals surface area contributed by atoms with E-state index < -0.39 is 15.6 Å². The molecular weight excluding hydrogens is 433 g/mol. The van der Waals surface area contributed by atoms with Gasteiger partial charge in [-0.1, -0.05) is 11.3 Å². The van der Waals surface area contributed by atoms with E-state index in [9.17, 15) is 17.9 Å². The van der Waals surface area contributed by atoms with Crippen LogP contribution in [0.3, 0.4) is 0 Å². The van der Waals surface area contributed by atoms with E-state index in [2.05, 4.69) is 15.0 Å². The van der Waals surface area contributed by atoms with Gasteiger partial charge >= 0.3 is 0 Å². The summed E-state index contributed by atoms with van der Waals surface area (Å²) in [5.74, 6) is -0.266. The van der Waals surface area contributed by atoms with E-state index in [0.29, 0.717) is 16.8 Å². The summed E-state index contributed by atoms with van der Waals surface area (Å²) in [6.07, 6.45) is 2.88. The van der Waals surface area contributed by atoms with Crippen LogP contribution in [0.1, 0.15) is 19.5 Å². The molecule has 10 heteroatoms. The Labute approximate surface area is 185 Å². The molecular formula is C22H24FN5O3S. The molecule has 0 amide bonds. The summed E-state index contributed by atoms with van der Waals surface area (Å²) in [5, 5.41) is 20.6. The molecule has 0 unspecified atom stereocenters. The number of nitrogens with one attached hydrogen (secondary N) is 1. The number of fused-ring (bicyclic) bond motifs is 1. The van der Waals surface area contributed by atoms with Crippen molar-refractivity contribution in [3.63, 3.8) is 0 Å². The largest absolute Gasteiger partial charge is 0.494 e. The second kappa shape index (κ2) is 7.72. The second-order valence-electron chi connectivity index (χ2n) is 8.55. The number of halogens is 1. The van der Waals surface area contributed by atoms with Crippen molar-refractivity contribution in [2.24, 2.45) is 0 Å². The van der Waals surface area contributed by atoms with E-state index in [1.54, 1.807) is 47.5 Å². The van der Waals surface area contributed by atoms with Gasteiger partial charge in [-0.25, -0.2) is 22.2 Å². The van der Waals surface area contributed by atoms with Gasteiger partial charge in [-0.2, -0.15) is 0 Å². The van der Waals surface area contributed by atoms with Crippen LogP contribution in [0.5, 0.6) is 5.88 Å². The van der Waals surface area contributed by atoms with Gasteiger partial charge in [0.2, 0.25) is 10.0 Å². The molecule has 0 radical (unpaired) electrons. The van der Waals surface area contributed by atoms with Gasteiger partial charge in [0.05, 0.1) is 17.6 Å². The summed E-state index contributed by atoms with van der Waals surface area (Å²) >= 11 is 0. The first kappa shape index (κ1) is 22.0. The van der Waals surface area contributed by atoms with Crippen LogP contribution in [0, 0.1) is 12.7 Å². The number of benzene rings is 2. The summed E-state index contributed by atoms with van der Waals surface area (Å²) in [5.41, 5.74) is 2.18. The Balaban J connectivity index is 1.69. The Morgan fingerprint density at radius 1 is 1.16 bits per heavy atom. The Bertz CT molecular complexity index is 1410. The molecule has 8 nitrogen and oxygen atoms in total. The summed E-state index contributed by atoms with van der Waals surface area (Å²) in [6.45, 7) is 5.63. The van der Waals surface area contributed by atoms with Crippen LogP contribution in [0.2, 0.25) is 0 Å². The normalized spacial score (nSPS) is 12.5. The molecule has 2 N–H and O–H groups in total. The summed E-state index contributed by atoms with van der Waals surface area (Å²) < 4.78 is 42.3. The van der Waals surface area contributed by atoms with Crippen molar-refractivity contribution in [1.29, 1.82) is 0 Å². The van der Waals surface area contributed by atoms with E-state index in [4.69, 9.17) is 0 Å². The number of hydrogen-bond acceptors (Lipinski definition) is 5. The SMILES string of the molecule is Cc1c(-c2ccc3c(O)n(CC(C)(C)NS(C)(=O)=O)cc3c2)nnn1-c1ccc(F)cc1. The lowest BCUT2D eigenvalue weighted by Gasteiger charge is -2.25. The number of sulfonamides is 1. The van der Waals surface area contributed by atoms with Crippen LogP contribution in [-0.4, -0.2) is 44.9 Å². The number of aromatic hydroxyl groups is 1. The first-order valence-electron chi connectivity index (χ1n) is 9.93. The fourth-order valence-corrected chi connectivity index (χ4v) is 4.98. The third kappa shape index (κ3) is 4.37. The predicted octanol–water partition coefficient (Wildman–Crippen LogP) is 3.37. The van der Waals surface area contributed by atoms with E-state index >= 15 is 0 Å². The monoisotopic (exact) mass is 457 g/mol. The van der Waals surface area contributed by atoms with Crippen LogP contribution in [0.25, 0.3) is 27.7 Å². The molecule has 0 fully saturated rings. The molecule has 0 atom stereocenters. The molecule has 4 rings (SSSR count). The van der Waals surface area contributed by atoms with Crippen molar-refractivity contribution >= 4 is 20.8 Å². The highest BCUT2D eigenvalue weighted by Gasteiger charge is 2.24. The smallest absolute Gasteiger partial charge is 0.209 e. The van der Waals surface area contributed by atoms with Gasteiger partial charge in [0.1, 0.15) is 11.5 Å². The minimum Gasteiger partial charge on any atom is -0.494 e. The summed E-state index contributed by atoms with van der Waals surface area (Å²) in [7, 11) is -3.40. The lowest BCUT2D eigenvalue weighted by Crippen LogP contribution is -2.45. The Hall–Kier alpha value is -3.24. The van der Waals surface area contributed by atoms with Crippen molar-refractivity contribution in [1.82, 2.24) is 24.3 Å². The average molecular weight is 458 g/mol. The molecule has 2 aromatic heterocycles. The molecule has 0 spiro atoms. The molecule has 32 heavy (non-hydrogen) atoms. The number of nitrogens with zero attached hydrogens (tertiary/aromatic N) is 4. The molecule has 0 aliphatic rings. The van der Waals surface area contributed by atoms with Crippen molar-refractivity contribution in [3.8, 4) is 22.8 Å². The minimum atomic E-state index is -3.40. The first-order chi connectivity index (χ1) is 14.9. The van der Waals surface area contributed by atoms with Gasteiger partial charge < -0.3 is 9.67 Å². The van der Waals surface area contributed by atoms with Crippen LogP contribution >= 0.6 is 0 Å². The number of aromatic nitrogens is 4. The minimum absolute atomic E-state index is 0.0571. The zero-order valence-corrected chi connectivity index (χ0v) is 19.0. The molecule has 0 saturated heterocycles. The van der Waals surface area contributed by atoms with Gasteiger partial charge in [0, 0.05) is 34.6 Å². The maximum absolute atomic E-state index is 13.2. The molecule has 2 heterocycles. The third-order valence-corrected chi connectivity index (χ3v) is 6.05. The zero-order valence-electron chi connectivity index (χ0n) is 18.2. The molecule has 2 aromatic carbocycles. The first-order valence-corrected chi connectivity index (χ1v) is 11.8. The molecule has 0 aliphatic carbocycles. The van der Waals surface area contributed by atoms with Crippen molar-refractivity contribution in [2.45, 2.75) is 32.9 Å². The highest BCUT2D eigenvalue weighted by molar-refractivity contribution is 7.88. The van der Waals surface area contributed by atoms with E-state index in [-0.39, 0.29) is 18.2 Å². The number of rotatable bonds is 6. The fourth-order valence-electron chi connectivity index (χ4n) is 3.91. The predicted molar refractivity (Wildman–Crippen MR) is 121 cm³/mol. The standard InChI is InChI=1S/C22H24FN5O3S/c1-14-20(24-26-28(14)18-8-6-17(23)7-9-18)15-5-10-19-16(11-15)12-27(21(19)29)13-22(2,3)25-32(4,30)31/h5-12,25,29H,13H2,1-4H3. The van der Waals surface area contributed by atoms with E-state index in [1.165, 1.54) is 12.1 Å². The van der Waals surface area contributed by atoms with Gasteiger partial charge in [0.25, 0.3) is 0 Å². The topological polar surface area (TPSA) is 102 Å². The lowest BCUT2D eigenvalue weighted by molar-refractivity contribution is 0.350. The van der Waals surface area contributed by atoms with Gasteiger partial charge in [-0.15, -0.1) is 5.10 Å². The van der Waals surface area contributed by atoms with Crippen LogP contribution in [0.4, 0.5) is 4.39 Å². The van der Waals surface area contributed by atoms with Gasteiger partial charge in [-0.05, 0) is 57.2 Å². The average Bonchev–Trinajstić information content (AvgIpc) is 3.20. The Morgan fingerprint density at radius 2 is 1.84 bits per heavy atom. The molecule has 4 aromatic rings. The van der Waals surface area contributed by atoms with Crippen molar-refractivity contribution in [3.05, 3.63) is 60.2 Å². The second-order valence-corrected chi connectivity index (χ2v) is 10.3. The summed E-state index contributed by atoms with van der Waals surface area (Å²) in [6, 6.07) is 11.5. The quantitative estimate of drug-likeness (QED) is 0.462.